The van der Waals surface area contributed by atoms with Crippen molar-refractivity contribution in [3.8, 4) is 17.0 Å². The van der Waals surface area contributed by atoms with Crippen molar-refractivity contribution < 1.29 is 46.6 Å². The second-order valence-corrected chi connectivity index (χ2v) is 19.9. The number of likely N-dealkylation sites (tertiary alicyclic amines) is 2. The van der Waals surface area contributed by atoms with Gasteiger partial charge in [0.25, 0.3) is 0 Å². The molecule has 2 aliphatic heterocycles. The van der Waals surface area contributed by atoms with E-state index in [1.165, 1.54) is 23.8 Å². The maximum Gasteiger partial charge on any atom is 0.573 e. The highest BCUT2D eigenvalue weighted by molar-refractivity contribution is 5.94. The molecule has 20 heteroatoms. The maximum atomic E-state index is 14.6. The lowest BCUT2D eigenvalue weighted by atomic mass is 9.83. The number of benzene rings is 2. The van der Waals surface area contributed by atoms with Gasteiger partial charge in [0, 0.05) is 37.7 Å². The number of nitrogens with one attached hydrogen (secondary N) is 5. The van der Waals surface area contributed by atoms with Crippen LogP contribution in [0.2, 0.25) is 0 Å². The third-order valence-electron chi connectivity index (χ3n) is 14.9. The molecule has 1 saturated carbocycles. The van der Waals surface area contributed by atoms with E-state index in [1.54, 1.807) is 35.6 Å². The van der Waals surface area contributed by atoms with Gasteiger partial charge in [-0.1, -0.05) is 55.7 Å². The number of fused-ring (bicyclic) bond motifs is 2. The number of hydrogen-bond acceptors (Lipinski definition) is 12. The van der Waals surface area contributed by atoms with Crippen LogP contribution in [0.4, 0.5) is 19.0 Å². The van der Waals surface area contributed by atoms with Crippen LogP contribution >= 0.6 is 0 Å². The average Bonchev–Trinajstić information content (AvgIpc) is 4.02. The Bertz CT molecular complexity index is 2480. The molecule has 17 nitrogen and oxygen atoms in total. The van der Waals surface area contributed by atoms with Crippen molar-refractivity contribution in [2.75, 3.05) is 71.5 Å². The van der Waals surface area contributed by atoms with Crippen LogP contribution in [-0.4, -0.2) is 145 Å². The molecule has 2 aromatic carbocycles. The van der Waals surface area contributed by atoms with E-state index >= 15 is 0 Å². The van der Waals surface area contributed by atoms with Gasteiger partial charge in [-0.25, -0.2) is 9.50 Å². The molecule has 2 saturated heterocycles. The van der Waals surface area contributed by atoms with E-state index in [-0.39, 0.29) is 67.3 Å². The monoisotopic (exact) mass is 1020 g/mol. The van der Waals surface area contributed by atoms with Gasteiger partial charge in [0.1, 0.15) is 23.7 Å². The van der Waals surface area contributed by atoms with Gasteiger partial charge in [-0.15, -0.1) is 18.3 Å². The van der Waals surface area contributed by atoms with Gasteiger partial charge >= 0.3 is 6.36 Å². The van der Waals surface area contributed by atoms with Crippen LogP contribution < -0.4 is 31.3 Å². The molecule has 396 valence electrons. The van der Waals surface area contributed by atoms with E-state index in [0.717, 1.165) is 96.0 Å². The molecule has 4 aromatic rings. The minimum absolute atomic E-state index is 0.0460. The topological polar surface area (TPSA) is 193 Å². The van der Waals surface area contributed by atoms with Crippen LogP contribution in [0, 0.1) is 11.8 Å². The molecule has 0 unspecified atom stereocenters. The van der Waals surface area contributed by atoms with Gasteiger partial charge in [-0.05, 0) is 126 Å². The molecule has 4 aliphatic rings. The van der Waals surface area contributed by atoms with Crippen LogP contribution in [0.15, 0.2) is 66.9 Å². The molecular weight excluding hydrogens is 946 g/mol. The minimum atomic E-state index is -4.79. The first-order valence-electron chi connectivity index (χ1n) is 26.1. The van der Waals surface area contributed by atoms with E-state index in [1.807, 2.05) is 24.3 Å². The first kappa shape index (κ1) is 53.5. The van der Waals surface area contributed by atoms with Crippen molar-refractivity contribution in [2.45, 2.75) is 121 Å². The van der Waals surface area contributed by atoms with Gasteiger partial charge in [0.15, 0.2) is 5.65 Å². The summed E-state index contributed by atoms with van der Waals surface area (Å²) >= 11 is 0. The number of nitrogens with zero attached hydrogens (tertiary/aromatic N) is 5. The Hall–Kier alpha value is -5.83. The number of halogens is 3. The number of piperidine rings is 1. The Labute approximate surface area is 425 Å². The Balaban J connectivity index is 0.743. The Kier molecular flexibility index (Phi) is 18.6. The van der Waals surface area contributed by atoms with Crippen LogP contribution in [0.5, 0.6) is 5.75 Å². The lowest BCUT2D eigenvalue weighted by molar-refractivity contribution is -0.274. The number of carbonyl (C=O) groups excluding carboxylic acids is 4. The van der Waals surface area contributed by atoms with Crippen molar-refractivity contribution in [1.82, 2.24) is 45.7 Å². The summed E-state index contributed by atoms with van der Waals surface area (Å²) in [5, 5.41) is 20.5. The average molecular weight is 1020 g/mol. The highest BCUT2D eigenvalue weighted by atomic mass is 19.4. The highest BCUT2D eigenvalue weighted by Crippen LogP contribution is 2.33. The normalized spacial score (nSPS) is 20.8. The Morgan fingerprint density at radius 1 is 0.863 bits per heavy atom. The molecule has 0 spiro atoms. The Morgan fingerprint density at radius 3 is 2.42 bits per heavy atom. The summed E-state index contributed by atoms with van der Waals surface area (Å²) in [5.41, 5.74) is 3.92. The zero-order valence-electron chi connectivity index (χ0n) is 42.0. The van der Waals surface area contributed by atoms with Gasteiger partial charge < -0.3 is 50.6 Å². The molecule has 3 fully saturated rings. The SMILES string of the molecule is CN[C@@H](C)C(=O)N[C@H](C(=O)N1C[C@@H](NC(=O)CCOCCOCCN2CCC(CNc3ccc4ncc(-c5cccc(OC(F)(F)F)c5)n4n3)CC2)C[C@H]1C(=O)N[C@@H]1CCCc2ccccc21)C1CCCCC1. The number of alkyl halides is 3. The largest absolute Gasteiger partial charge is 0.573 e. The summed E-state index contributed by atoms with van der Waals surface area (Å²) in [6.45, 7) is 6.74. The molecule has 0 bridgehead atoms. The van der Waals surface area contributed by atoms with Crippen LogP contribution in [-0.2, 0) is 35.1 Å². The smallest absolute Gasteiger partial charge is 0.406 e. The summed E-state index contributed by atoms with van der Waals surface area (Å²) in [6.07, 6.45) is 6.49. The number of aromatic nitrogens is 3. The number of hydrogen-bond donors (Lipinski definition) is 5. The molecule has 2 aromatic heterocycles. The second-order valence-electron chi connectivity index (χ2n) is 19.9. The molecule has 2 aliphatic carbocycles. The van der Waals surface area contributed by atoms with Crippen LogP contribution in [0.25, 0.3) is 16.9 Å². The third kappa shape index (κ3) is 14.7. The number of amides is 4. The third-order valence-corrected chi connectivity index (χ3v) is 14.9. The van der Waals surface area contributed by atoms with Crippen molar-refractivity contribution in [2.24, 2.45) is 11.8 Å². The lowest BCUT2D eigenvalue weighted by Crippen LogP contribution is -2.58. The molecule has 73 heavy (non-hydrogen) atoms. The summed E-state index contributed by atoms with van der Waals surface area (Å²) < 4.78 is 55.8. The molecule has 5 atom stereocenters. The first-order chi connectivity index (χ1) is 35.3. The predicted octanol–water partition coefficient (Wildman–Crippen LogP) is 5.79. The Morgan fingerprint density at radius 2 is 1.64 bits per heavy atom. The highest BCUT2D eigenvalue weighted by Gasteiger charge is 2.45. The lowest BCUT2D eigenvalue weighted by Gasteiger charge is -2.35. The van der Waals surface area contributed by atoms with E-state index < -0.39 is 30.5 Å². The summed E-state index contributed by atoms with van der Waals surface area (Å²) in [7, 11) is 1.70. The quantitative estimate of drug-likeness (QED) is 0.0597. The fourth-order valence-electron chi connectivity index (χ4n) is 10.7. The van der Waals surface area contributed by atoms with Crippen molar-refractivity contribution in [3.63, 3.8) is 0 Å². The zero-order valence-corrected chi connectivity index (χ0v) is 42.0. The zero-order chi connectivity index (χ0) is 51.3. The van der Waals surface area contributed by atoms with Gasteiger partial charge in [0.2, 0.25) is 23.6 Å². The number of likely N-dealkylation sites (N-methyl/N-ethyl adjacent to an activating group) is 1. The maximum absolute atomic E-state index is 14.6. The molecule has 8 rings (SSSR count). The number of ether oxygens (including phenoxy) is 3. The van der Waals surface area contributed by atoms with E-state index in [9.17, 15) is 32.3 Å². The van der Waals surface area contributed by atoms with Crippen LogP contribution in [0.3, 0.4) is 0 Å². The standard InChI is InChI=1S/C53H71F3N10O7/c1-35(57-2)50(68)62-49(38-11-4-3-5-12-38)52(70)65-34-40(31-44(65)51(69)61-43-17-9-13-37-10-6-7-16-42(37)43)60-48(67)22-26-71-28-29-72-27-25-64-23-20-36(21-24-64)32-58-46-18-19-47-59-33-45(66(47)63-46)39-14-8-15-41(30-39)73-53(54,55)56/h6-8,10,14-16,18-19,30,33,35-36,38,40,43-44,49,57H,3-5,9,11-13,17,20-29,31-32,34H2,1-2H3,(H,58,63)(H,60,67)(H,61,69)(H,62,68)/t35-,40-,43+,44-,49-/m0/s1. The van der Waals surface area contributed by atoms with Crippen molar-refractivity contribution in [3.05, 3.63) is 78.0 Å². The molecule has 5 N–H and O–H groups in total. The number of carbonyl (C=O) groups is 4. The molecule has 4 heterocycles. The molecule has 0 radical (unpaired) electrons. The number of imidazole rings is 1. The summed E-state index contributed by atoms with van der Waals surface area (Å²) in [6, 6.07) is 14.8. The van der Waals surface area contributed by atoms with E-state index in [4.69, 9.17) is 9.47 Å². The molecule has 4 amide bonds. The van der Waals surface area contributed by atoms with Gasteiger partial charge in [-0.2, -0.15) is 0 Å². The predicted molar refractivity (Wildman–Crippen MR) is 268 cm³/mol. The fourth-order valence-corrected chi connectivity index (χ4v) is 10.7. The summed E-state index contributed by atoms with van der Waals surface area (Å²) in [5.74, 6) is -0.316. The number of aryl methyl sites for hydroxylation is 1. The number of rotatable bonds is 22. The van der Waals surface area contributed by atoms with Crippen molar-refractivity contribution >= 4 is 35.1 Å². The fraction of sp³-hybridized carbons (Fsp3) is 0.585. The first-order valence-corrected chi connectivity index (χ1v) is 26.1. The van der Waals surface area contributed by atoms with Gasteiger partial charge in [-0.3, -0.25) is 19.2 Å². The summed E-state index contributed by atoms with van der Waals surface area (Å²) in [4.78, 5) is 63.8. The van der Waals surface area contributed by atoms with E-state index in [0.29, 0.717) is 48.5 Å². The molecular formula is C53H71F3N10O7. The van der Waals surface area contributed by atoms with Gasteiger partial charge in [0.05, 0.1) is 50.4 Å². The van der Waals surface area contributed by atoms with Crippen molar-refractivity contribution in [1.29, 1.82) is 0 Å². The number of anilines is 1. The minimum Gasteiger partial charge on any atom is -0.406 e. The van der Waals surface area contributed by atoms with Crippen LogP contribution in [0.1, 0.15) is 94.7 Å². The van der Waals surface area contributed by atoms with E-state index in [2.05, 4.69) is 58.4 Å². The second kappa shape index (κ2) is 25.4.